The van der Waals surface area contributed by atoms with Crippen molar-refractivity contribution in [2.45, 2.75) is 6.92 Å². The molecule has 132 valence electrons. The van der Waals surface area contributed by atoms with Crippen molar-refractivity contribution in [1.29, 1.82) is 0 Å². The predicted molar refractivity (Wildman–Crippen MR) is 96.2 cm³/mol. The maximum absolute atomic E-state index is 11.0. The van der Waals surface area contributed by atoms with Gasteiger partial charge in [-0.05, 0) is 48.9 Å². The number of benzene rings is 2. The number of ether oxygens (including phenoxy) is 1. The maximum atomic E-state index is 11.0. The third-order valence-corrected chi connectivity index (χ3v) is 3.41. The van der Waals surface area contributed by atoms with Gasteiger partial charge in [0.25, 0.3) is 0 Å². The van der Waals surface area contributed by atoms with Crippen molar-refractivity contribution >= 4 is 23.0 Å². The van der Waals surface area contributed by atoms with Crippen LogP contribution >= 0.6 is 0 Å². The average Bonchev–Trinajstić information content (AvgIpc) is 2.60. The van der Waals surface area contributed by atoms with E-state index in [0.717, 1.165) is 28.7 Å². The highest BCUT2D eigenvalue weighted by Crippen LogP contribution is 2.22. The Balaban J connectivity index is 0.00000312. The van der Waals surface area contributed by atoms with Gasteiger partial charge in [-0.3, -0.25) is 0 Å². The van der Waals surface area contributed by atoms with Crippen LogP contribution < -0.4 is 17.3 Å². The summed E-state index contributed by atoms with van der Waals surface area (Å²) >= 11 is 0. The highest BCUT2D eigenvalue weighted by Gasteiger charge is 2.02. The number of azo groups is 1. The molecule has 0 saturated carbocycles. The Hall–Kier alpha value is -2.66. The van der Waals surface area contributed by atoms with Gasteiger partial charge in [-0.2, -0.15) is 10.2 Å². The number of rotatable bonds is 7. The molecule has 2 rings (SSSR count). The lowest BCUT2D eigenvalue weighted by atomic mass is 10.2. The molecule has 2 aromatic carbocycles. The van der Waals surface area contributed by atoms with Gasteiger partial charge in [0, 0.05) is 18.8 Å². The molecule has 6 heteroatoms. The molecule has 0 radical (unpaired) electrons. The van der Waals surface area contributed by atoms with E-state index in [9.17, 15) is 4.79 Å². The molecule has 0 atom stereocenters. The molecule has 25 heavy (non-hydrogen) atoms. The molecule has 0 amide bonds. The van der Waals surface area contributed by atoms with Crippen molar-refractivity contribution < 1.29 is 21.9 Å². The van der Waals surface area contributed by atoms with Crippen molar-refractivity contribution in [3.8, 4) is 0 Å². The van der Waals surface area contributed by atoms with Crippen LogP contribution in [0.3, 0.4) is 0 Å². The first-order valence-electron chi connectivity index (χ1n) is 7.67. The van der Waals surface area contributed by atoms with E-state index in [-0.39, 0.29) is 12.4 Å². The maximum Gasteiger partial charge on any atom is 0.330 e. The molecule has 0 aliphatic heterocycles. The van der Waals surface area contributed by atoms with Crippen LogP contribution in [0.2, 0.25) is 0 Å². The Morgan fingerprint density at radius 2 is 1.84 bits per heavy atom. The Labute approximate surface area is 154 Å². The number of hydrogen-bond donors (Lipinski definition) is 0. The quantitative estimate of drug-likeness (QED) is 0.429. The van der Waals surface area contributed by atoms with Crippen molar-refractivity contribution in [3.63, 3.8) is 0 Å². The molecule has 0 spiro atoms. The molecule has 0 aliphatic rings. The van der Waals surface area contributed by atoms with Gasteiger partial charge in [0.2, 0.25) is 0 Å². The minimum absolute atomic E-state index is 0. The molecule has 0 aromatic heterocycles. The molecule has 5 nitrogen and oxygen atoms in total. The second-order valence-corrected chi connectivity index (χ2v) is 5.35. The lowest BCUT2D eigenvalue weighted by Crippen LogP contribution is -3.00. The first-order valence-corrected chi connectivity index (χ1v) is 7.67. The van der Waals surface area contributed by atoms with Gasteiger partial charge in [-0.15, -0.1) is 0 Å². The summed E-state index contributed by atoms with van der Waals surface area (Å²) in [5.74, 6) is -0.407. The van der Waals surface area contributed by atoms with Crippen molar-refractivity contribution in [2.75, 3.05) is 25.1 Å². The van der Waals surface area contributed by atoms with E-state index in [0.29, 0.717) is 13.2 Å². The number of nitrogens with zero attached hydrogens (tertiary/aromatic N) is 3. The van der Waals surface area contributed by atoms with E-state index in [1.807, 2.05) is 67.4 Å². The number of carbonyl (C=O) groups excluding carboxylic acids is 1. The second kappa shape index (κ2) is 10.3. The molecular weight excluding hydrogens is 338 g/mol. The highest BCUT2D eigenvalue weighted by atomic mass is 35.5. The van der Waals surface area contributed by atoms with E-state index in [4.69, 9.17) is 4.74 Å². The highest BCUT2D eigenvalue weighted by molar-refractivity contribution is 5.81. The van der Waals surface area contributed by atoms with Crippen LogP contribution in [0.1, 0.15) is 5.56 Å². The summed E-state index contributed by atoms with van der Waals surface area (Å²) in [5, 5.41) is 8.48. The topological polar surface area (TPSA) is 54.3 Å². The average molecular weight is 359 g/mol. The molecule has 2 aromatic rings. The predicted octanol–water partition coefficient (Wildman–Crippen LogP) is 1.58. The van der Waals surface area contributed by atoms with Crippen molar-refractivity contribution in [2.24, 2.45) is 10.2 Å². The Kier molecular flexibility index (Phi) is 8.36. The van der Waals surface area contributed by atoms with Crippen LogP contribution in [-0.2, 0) is 9.53 Å². The number of likely N-dealkylation sites (N-methyl/N-ethyl adjacent to an activating group) is 1. The first kappa shape index (κ1) is 20.4. The molecule has 0 heterocycles. The van der Waals surface area contributed by atoms with Crippen LogP contribution in [0.25, 0.3) is 0 Å². The van der Waals surface area contributed by atoms with Gasteiger partial charge in [0.1, 0.15) is 6.61 Å². The van der Waals surface area contributed by atoms with E-state index < -0.39 is 5.97 Å². The standard InChI is InChI=1S/C19H21N3O2.ClH/c1-4-19(23)24-13-12-22(3)18-10-8-16(9-11-18)20-21-17-7-5-6-15(2)14-17;/h4-11,14H,1,12-13H2,2-3H3;1H/p-1. The lowest BCUT2D eigenvalue weighted by molar-refractivity contribution is -0.137. The largest absolute Gasteiger partial charge is 1.00 e. The van der Waals surface area contributed by atoms with Gasteiger partial charge in [-0.25, -0.2) is 4.79 Å². The number of halogens is 1. The monoisotopic (exact) mass is 358 g/mol. The van der Waals surface area contributed by atoms with Crippen molar-refractivity contribution in [3.05, 3.63) is 66.7 Å². The normalized spacial score (nSPS) is 10.2. The van der Waals surface area contributed by atoms with Gasteiger partial charge < -0.3 is 22.0 Å². The zero-order chi connectivity index (χ0) is 17.4. The number of hydrogen-bond acceptors (Lipinski definition) is 5. The number of anilines is 1. The fourth-order valence-electron chi connectivity index (χ4n) is 2.05. The van der Waals surface area contributed by atoms with Crippen LogP contribution in [-0.4, -0.2) is 26.2 Å². The Morgan fingerprint density at radius 1 is 1.16 bits per heavy atom. The summed E-state index contributed by atoms with van der Waals surface area (Å²) in [6.07, 6.45) is 1.16. The number of esters is 1. The van der Waals surface area contributed by atoms with Crippen LogP contribution in [0.15, 0.2) is 71.4 Å². The molecule has 0 saturated heterocycles. The molecular formula is C19H21ClN3O2-. The fraction of sp³-hybridized carbons (Fsp3) is 0.211. The second-order valence-electron chi connectivity index (χ2n) is 5.35. The van der Waals surface area contributed by atoms with E-state index in [1.54, 1.807) is 0 Å². The SMILES string of the molecule is C=CC(=O)OCCN(C)c1ccc(N=Nc2cccc(C)c2)cc1.[Cl-]. The Morgan fingerprint density at radius 3 is 2.48 bits per heavy atom. The van der Waals surface area contributed by atoms with E-state index >= 15 is 0 Å². The van der Waals surface area contributed by atoms with Gasteiger partial charge in [0.05, 0.1) is 17.9 Å². The minimum atomic E-state index is -0.407. The molecule has 0 aliphatic carbocycles. The molecule has 0 unspecified atom stereocenters. The van der Waals surface area contributed by atoms with E-state index in [2.05, 4.69) is 16.8 Å². The lowest BCUT2D eigenvalue weighted by Gasteiger charge is -2.18. The van der Waals surface area contributed by atoms with Gasteiger partial charge >= 0.3 is 5.97 Å². The molecule has 0 fully saturated rings. The van der Waals surface area contributed by atoms with Gasteiger partial charge in [0.15, 0.2) is 0 Å². The zero-order valence-corrected chi connectivity index (χ0v) is 15.1. The zero-order valence-electron chi connectivity index (χ0n) is 14.4. The first-order chi connectivity index (χ1) is 11.6. The number of aryl methyl sites for hydroxylation is 1. The molecule has 0 N–H and O–H groups in total. The third kappa shape index (κ3) is 6.77. The van der Waals surface area contributed by atoms with Gasteiger partial charge in [-0.1, -0.05) is 18.7 Å². The summed E-state index contributed by atoms with van der Waals surface area (Å²) in [4.78, 5) is 13.0. The summed E-state index contributed by atoms with van der Waals surface area (Å²) < 4.78 is 4.97. The van der Waals surface area contributed by atoms with Crippen LogP contribution in [0.5, 0.6) is 0 Å². The summed E-state index contributed by atoms with van der Waals surface area (Å²) in [7, 11) is 1.94. The van der Waals surface area contributed by atoms with Crippen LogP contribution in [0, 0.1) is 6.92 Å². The third-order valence-electron chi connectivity index (χ3n) is 3.41. The summed E-state index contributed by atoms with van der Waals surface area (Å²) in [5.41, 5.74) is 3.78. The minimum Gasteiger partial charge on any atom is -1.00 e. The summed E-state index contributed by atoms with van der Waals surface area (Å²) in [6, 6.07) is 15.6. The smallest absolute Gasteiger partial charge is 0.330 e. The van der Waals surface area contributed by atoms with E-state index in [1.165, 1.54) is 0 Å². The van der Waals surface area contributed by atoms with Crippen LogP contribution in [0.4, 0.5) is 17.1 Å². The Bertz CT molecular complexity index is 730. The fourth-order valence-corrected chi connectivity index (χ4v) is 2.05. The molecule has 0 bridgehead atoms. The summed E-state index contributed by atoms with van der Waals surface area (Å²) in [6.45, 7) is 6.30. The van der Waals surface area contributed by atoms with Crippen molar-refractivity contribution in [1.82, 2.24) is 0 Å². The number of carbonyl (C=O) groups is 1.